The van der Waals surface area contributed by atoms with Gasteiger partial charge in [-0.05, 0) is 43.9 Å². The first-order valence-electron chi connectivity index (χ1n) is 7.34. The Labute approximate surface area is 129 Å². The van der Waals surface area contributed by atoms with E-state index < -0.39 is 17.4 Å². The van der Waals surface area contributed by atoms with Crippen LogP contribution in [0.1, 0.15) is 42.5 Å². The Morgan fingerprint density at radius 1 is 1.45 bits per heavy atom. The van der Waals surface area contributed by atoms with Gasteiger partial charge in [0.15, 0.2) is 11.6 Å². The molecule has 2 rings (SSSR count). The molecule has 0 bridgehead atoms. The number of halogens is 1. The van der Waals surface area contributed by atoms with Crippen LogP contribution in [0.4, 0.5) is 4.39 Å². The van der Waals surface area contributed by atoms with Gasteiger partial charge in [0.2, 0.25) is 0 Å². The van der Waals surface area contributed by atoms with Crippen molar-refractivity contribution in [2.45, 2.75) is 37.8 Å². The molecular weight excluding hydrogens is 285 g/mol. The number of carbonyl (C=O) groups is 1. The number of carbonyl (C=O) groups excluding carboxylic acids is 1. The van der Waals surface area contributed by atoms with E-state index in [4.69, 9.17) is 11.2 Å². The first kappa shape index (κ1) is 16.3. The van der Waals surface area contributed by atoms with Gasteiger partial charge in [0.05, 0.1) is 0 Å². The van der Waals surface area contributed by atoms with Crippen LogP contribution >= 0.6 is 0 Å². The van der Waals surface area contributed by atoms with Gasteiger partial charge in [-0.1, -0.05) is 12.3 Å². The van der Waals surface area contributed by atoms with Gasteiger partial charge in [-0.3, -0.25) is 4.79 Å². The molecule has 0 atom stereocenters. The number of benzene rings is 1. The van der Waals surface area contributed by atoms with Gasteiger partial charge in [0.25, 0.3) is 5.91 Å². The summed E-state index contributed by atoms with van der Waals surface area (Å²) in [5.41, 5.74) is -0.975. The standard InChI is InChI=1S/C17H20FNO3/c1-3-11-22-15-8-7-13(12-14(15)18)16(20)19(2)17(21)9-5-4-6-10-17/h1,7-8,12,21H,4-6,9-11H2,2H3. The van der Waals surface area contributed by atoms with Crippen LogP contribution in [-0.2, 0) is 0 Å². The van der Waals surface area contributed by atoms with Crippen molar-refractivity contribution in [3.05, 3.63) is 29.6 Å². The van der Waals surface area contributed by atoms with Crippen molar-refractivity contribution in [3.8, 4) is 18.1 Å². The number of hydrogen-bond donors (Lipinski definition) is 1. The highest BCUT2D eigenvalue weighted by Crippen LogP contribution is 2.31. The number of ether oxygens (including phenoxy) is 1. The second-order valence-corrected chi connectivity index (χ2v) is 5.55. The molecule has 1 aromatic rings. The van der Waals surface area contributed by atoms with Crippen LogP contribution in [0.15, 0.2) is 18.2 Å². The van der Waals surface area contributed by atoms with Crippen LogP contribution in [0.3, 0.4) is 0 Å². The van der Waals surface area contributed by atoms with Crippen molar-refractivity contribution in [2.75, 3.05) is 13.7 Å². The second-order valence-electron chi connectivity index (χ2n) is 5.55. The molecule has 0 saturated heterocycles. The van der Waals surface area contributed by atoms with Crippen molar-refractivity contribution in [1.29, 1.82) is 0 Å². The van der Waals surface area contributed by atoms with E-state index in [2.05, 4.69) is 5.92 Å². The zero-order chi connectivity index (χ0) is 16.2. The van der Waals surface area contributed by atoms with Crippen LogP contribution in [0.25, 0.3) is 0 Å². The Kier molecular flexibility index (Phi) is 5.04. The van der Waals surface area contributed by atoms with Crippen LogP contribution in [0.2, 0.25) is 0 Å². The van der Waals surface area contributed by atoms with Crippen molar-refractivity contribution >= 4 is 5.91 Å². The van der Waals surface area contributed by atoms with E-state index in [9.17, 15) is 14.3 Å². The molecule has 22 heavy (non-hydrogen) atoms. The Bertz CT molecular complexity index is 588. The highest BCUT2D eigenvalue weighted by Gasteiger charge is 2.36. The normalized spacial score (nSPS) is 16.6. The van der Waals surface area contributed by atoms with Gasteiger partial charge in [-0.25, -0.2) is 4.39 Å². The monoisotopic (exact) mass is 305 g/mol. The Hall–Kier alpha value is -2.06. The van der Waals surface area contributed by atoms with Gasteiger partial charge in [-0.2, -0.15) is 0 Å². The van der Waals surface area contributed by atoms with E-state index in [1.54, 1.807) is 7.05 Å². The number of nitrogens with zero attached hydrogens (tertiary/aromatic N) is 1. The molecule has 1 aliphatic carbocycles. The molecule has 0 heterocycles. The van der Waals surface area contributed by atoms with E-state index in [0.29, 0.717) is 12.8 Å². The third-order valence-corrected chi connectivity index (χ3v) is 4.07. The summed E-state index contributed by atoms with van der Waals surface area (Å²) < 4.78 is 18.9. The van der Waals surface area contributed by atoms with Crippen LogP contribution in [0.5, 0.6) is 5.75 Å². The van der Waals surface area contributed by atoms with Gasteiger partial charge < -0.3 is 14.7 Å². The largest absolute Gasteiger partial charge is 0.478 e. The van der Waals surface area contributed by atoms with Gasteiger partial charge in [0.1, 0.15) is 12.3 Å². The summed E-state index contributed by atoms with van der Waals surface area (Å²) in [6.45, 7) is -0.0378. The predicted octanol–water partition coefficient (Wildman–Crippen LogP) is 2.56. The average molecular weight is 305 g/mol. The summed E-state index contributed by atoms with van der Waals surface area (Å²) in [4.78, 5) is 13.8. The molecule has 1 fully saturated rings. The quantitative estimate of drug-likeness (QED) is 0.687. The first-order valence-corrected chi connectivity index (χ1v) is 7.34. The molecule has 4 nitrogen and oxygen atoms in total. The number of terminal acetylenes is 1. The molecule has 5 heteroatoms. The topological polar surface area (TPSA) is 49.8 Å². The Balaban J connectivity index is 2.15. The molecule has 0 aliphatic heterocycles. The Morgan fingerprint density at radius 3 is 2.73 bits per heavy atom. The summed E-state index contributed by atoms with van der Waals surface area (Å²) in [7, 11) is 1.55. The molecule has 1 saturated carbocycles. The smallest absolute Gasteiger partial charge is 0.255 e. The third-order valence-electron chi connectivity index (χ3n) is 4.07. The number of rotatable bonds is 4. The van der Waals surface area contributed by atoms with Gasteiger partial charge in [0, 0.05) is 12.6 Å². The summed E-state index contributed by atoms with van der Waals surface area (Å²) in [6, 6.07) is 3.95. The fraction of sp³-hybridized carbons (Fsp3) is 0.471. The highest BCUT2D eigenvalue weighted by molar-refractivity contribution is 5.94. The van der Waals surface area contributed by atoms with E-state index in [1.165, 1.54) is 17.0 Å². The molecule has 0 aromatic heterocycles. The molecule has 1 amide bonds. The molecule has 118 valence electrons. The van der Waals surface area contributed by atoms with E-state index >= 15 is 0 Å². The Morgan fingerprint density at radius 2 is 2.14 bits per heavy atom. The van der Waals surface area contributed by atoms with Gasteiger partial charge in [-0.15, -0.1) is 6.42 Å². The summed E-state index contributed by atoms with van der Waals surface area (Å²) in [5, 5.41) is 10.6. The maximum atomic E-state index is 13.9. The zero-order valence-electron chi connectivity index (χ0n) is 12.6. The van der Waals surface area contributed by atoms with Crippen LogP contribution < -0.4 is 4.74 Å². The zero-order valence-corrected chi connectivity index (χ0v) is 12.6. The SMILES string of the molecule is C#CCOc1ccc(C(=O)N(C)C2(O)CCCCC2)cc1F. The molecule has 1 aromatic carbocycles. The molecule has 1 N–H and O–H groups in total. The molecule has 0 radical (unpaired) electrons. The van der Waals surface area contributed by atoms with Crippen molar-refractivity contribution in [3.63, 3.8) is 0 Å². The van der Waals surface area contributed by atoms with E-state index in [1.807, 2.05) is 0 Å². The summed E-state index contributed by atoms with van der Waals surface area (Å²) in [5.74, 6) is 1.20. The number of amides is 1. The average Bonchev–Trinajstić information content (AvgIpc) is 2.53. The van der Waals surface area contributed by atoms with Crippen molar-refractivity contribution in [1.82, 2.24) is 4.90 Å². The summed E-state index contributed by atoms with van der Waals surface area (Å²) in [6.07, 6.45) is 8.95. The lowest BCUT2D eigenvalue weighted by molar-refractivity contribution is -0.0997. The minimum atomic E-state index is -1.15. The molecule has 0 unspecified atom stereocenters. The molecular formula is C17H20FNO3. The minimum absolute atomic E-state index is 0.00790. The molecule has 1 aliphatic rings. The lowest BCUT2D eigenvalue weighted by Gasteiger charge is -2.40. The third kappa shape index (κ3) is 3.40. The second kappa shape index (κ2) is 6.80. The fourth-order valence-electron chi connectivity index (χ4n) is 2.71. The molecule has 0 spiro atoms. The number of hydrogen-bond acceptors (Lipinski definition) is 3. The maximum absolute atomic E-state index is 13.9. The van der Waals surface area contributed by atoms with E-state index in [-0.39, 0.29) is 17.9 Å². The van der Waals surface area contributed by atoms with Crippen molar-refractivity contribution < 1.29 is 19.0 Å². The van der Waals surface area contributed by atoms with Crippen LogP contribution in [0, 0.1) is 18.2 Å². The number of aliphatic hydroxyl groups is 1. The lowest BCUT2D eigenvalue weighted by atomic mass is 9.90. The fourth-order valence-corrected chi connectivity index (χ4v) is 2.71. The lowest BCUT2D eigenvalue weighted by Crippen LogP contribution is -2.50. The minimum Gasteiger partial charge on any atom is -0.478 e. The van der Waals surface area contributed by atoms with E-state index in [0.717, 1.165) is 25.3 Å². The maximum Gasteiger partial charge on any atom is 0.255 e. The highest BCUT2D eigenvalue weighted by atomic mass is 19.1. The van der Waals surface area contributed by atoms with Crippen molar-refractivity contribution in [2.24, 2.45) is 0 Å². The predicted molar refractivity (Wildman–Crippen MR) is 80.9 cm³/mol. The first-order chi connectivity index (χ1) is 10.5. The van der Waals surface area contributed by atoms with Gasteiger partial charge >= 0.3 is 0 Å². The van der Waals surface area contributed by atoms with Crippen LogP contribution in [-0.4, -0.2) is 35.3 Å². The summed E-state index contributed by atoms with van der Waals surface area (Å²) >= 11 is 0.